The van der Waals surface area contributed by atoms with E-state index in [0.29, 0.717) is 6.42 Å². The van der Waals surface area contributed by atoms with Crippen LogP contribution in [0.25, 0.3) is 0 Å². The van der Waals surface area contributed by atoms with E-state index in [1.165, 1.54) is 0 Å². The Morgan fingerprint density at radius 2 is 1.78 bits per heavy atom. The molecule has 1 heterocycles. The van der Waals surface area contributed by atoms with Crippen LogP contribution < -0.4 is 3.07 Å². The number of nitrogens with zero attached hydrogens (tertiary/aromatic N) is 1. The molecule has 142 valence electrons. The van der Waals surface area contributed by atoms with Crippen molar-refractivity contribution in [3.63, 3.8) is 0 Å². The quantitative estimate of drug-likeness (QED) is 0.425. The molecule has 0 bridgehead atoms. The van der Waals surface area contributed by atoms with Crippen molar-refractivity contribution < 1.29 is 10.9 Å². The Kier molecular flexibility index (Phi) is 7.02. The van der Waals surface area contributed by atoms with Crippen LogP contribution in [0, 0.1) is 0 Å². The molecule has 1 unspecified atom stereocenters. The van der Waals surface area contributed by atoms with E-state index < -0.39 is 25.2 Å². The van der Waals surface area contributed by atoms with Crippen LogP contribution in [0.2, 0.25) is 8.87 Å². The van der Waals surface area contributed by atoms with Crippen LogP contribution in [0.5, 0.6) is 5.75 Å². The van der Waals surface area contributed by atoms with E-state index in [0.717, 1.165) is 34.7 Å². The van der Waals surface area contributed by atoms with Gasteiger partial charge in [-0.2, -0.15) is 0 Å². The number of rotatable bonds is 4. The van der Waals surface area contributed by atoms with E-state index in [2.05, 4.69) is 36.9 Å². The first kappa shape index (κ1) is 20.9. The summed E-state index contributed by atoms with van der Waals surface area (Å²) >= 11 is 3.49. The molecule has 1 aliphatic heterocycles. The van der Waals surface area contributed by atoms with Crippen LogP contribution in [0.15, 0.2) is 56.4 Å². The molecule has 4 nitrogen and oxygen atoms in total. The zero-order chi connectivity index (χ0) is 19.4. The van der Waals surface area contributed by atoms with Crippen molar-refractivity contribution >= 4 is 63.2 Å². The third-order valence-corrected chi connectivity index (χ3v) is 15.1. The Morgan fingerprint density at radius 1 is 1.07 bits per heavy atom. The first-order chi connectivity index (χ1) is 13.0. The van der Waals surface area contributed by atoms with Crippen LogP contribution in [0.4, 0.5) is 0 Å². The van der Waals surface area contributed by atoms with E-state index in [-0.39, 0.29) is 5.97 Å². The van der Waals surface area contributed by atoms with E-state index >= 15 is 0 Å². The van der Waals surface area contributed by atoms with Crippen molar-refractivity contribution in [3.8, 4) is 5.75 Å². The zero-order valence-corrected chi connectivity index (χ0v) is 21.3. The van der Waals surface area contributed by atoms with Crippen molar-refractivity contribution in [2.45, 2.75) is 35.2 Å². The van der Waals surface area contributed by atoms with Gasteiger partial charge in [-0.25, -0.2) is 0 Å². The molecule has 0 spiro atoms. The third-order valence-electron chi connectivity index (χ3n) is 4.63. The van der Waals surface area contributed by atoms with Crippen molar-refractivity contribution in [3.05, 3.63) is 62.5 Å². The summed E-state index contributed by atoms with van der Waals surface area (Å²) in [5.41, 5.74) is 1.90. The fourth-order valence-corrected chi connectivity index (χ4v) is 11.1. The van der Waals surface area contributed by atoms with Crippen molar-refractivity contribution in [2.24, 2.45) is 4.99 Å². The Labute approximate surface area is 181 Å². The Hall–Kier alpha value is -0.861. The number of hydrogen-bond donors (Lipinski definition) is 0. The van der Waals surface area contributed by atoms with E-state index in [4.69, 9.17) is 6.15 Å². The molecule has 7 heteroatoms. The van der Waals surface area contributed by atoms with Gasteiger partial charge in [-0.3, -0.25) is 0 Å². The maximum atomic E-state index is 13.0. The van der Waals surface area contributed by atoms with Crippen LogP contribution in [0.1, 0.15) is 25.0 Å². The SMILES string of the molecule is C[CH2][Sn]1([CH2]C)[O]C(=O)C(Cc2ccccc2)N=Cc2cc(Br)cc(Br)c2[O]1. The average Bonchev–Trinajstić information content (AvgIpc) is 2.72. The summed E-state index contributed by atoms with van der Waals surface area (Å²) in [6.07, 6.45) is 2.24. The predicted octanol–water partition coefficient (Wildman–Crippen LogP) is 5.66. The molecule has 0 saturated heterocycles. The summed E-state index contributed by atoms with van der Waals surface area (Å²) in [5.74, 6) is 0.437. The zero-order valence-electron chi connectivity index (χ0n) is 15.2. The number of carbonyl (C=O) groups is 1. The van der Waals surface area contributed by atoms with Crippen LogP contribution in [-0.2, 0) is 14.3 Å². The number of halogens is 2. The van der Waals surface area contributed by atoms with Gasteiger partial charge in [0.15, 0.2) is 0 Å². The van der Waals surface area contributed by atoms with Gasteiger partial charge < -0.3 is 0 Å². The molecule has 2 aromatic rings. The Balaban J connectivity index is 2.06. The average molecular weight is 602 g/mol. The second kappa shape index (κ2) is 9.09. The van der Waals surface area contributed by atoms with Gasteiger partial charge in [0.2, 0.25) is 0 Å². The van der Waals surface area contributed by atoms with Crippen molar-refractivity contribution in [1.29, 1.82) is 0 Å². The first-order valence-corrected chi connectivity index (χ1v) is 16.9. The molecule has 1 aliphatic rings. The first-order valence-electron chi connectivity index (χ1n) is 8.94. The third kappa shape index (κ3) is 4.95. The van der Waals surface area contributed by atoms with E-state index in [1.807, 2.05) is 56.3 Å². The van der Waals surface area contributed by atoms with Crippen LogP contribution in [0.3, 0.4) is 0 Å². The number of carbonyl (C=O) groups excluding carboxylic acids is 1. The summed E-state index contributed by atoms with van der Waals surface area (Å²) in [6, 6.07) is 13.2. The molecule has 0 radical (unpaired) electrons. The van der Waals surface area contributed by atoms with Gasteiger partial charge in [0.1, 0.15) is 0 Å². The van der Waals surface area contributed by atoms with Crippen molar-refractivity contribution in [2.75, 3.05) is 0 Å². The van der Waals surface area contributed by atoms with Gasteiger partial charge in [-0.1, -0.05) is 0 Å². The van der Waals surface area contributed by atoms with E-state index in [9.17, 15) is 4.79 Å². The summed E-state index contributed by atoms with van der Waals surface area (Å²) in [5, 5.41) is 0. The predicted molar refractivity (Wildman–Crippen MR) is 117 cm³/mol. The molecular formula is C20H21Br2NO3Sn. The summed E-state index contributed by atoms with van der Waals surface area (Å²) in [4.78, 5) is 17.6. The molecule has 0 fully saturated rings. The summed E-state index contributed by atoms with van der Waals surface area (Å²) < 4.78 is 15.8. The van der Waals surface area contributed by atoms with Crippen LogP contribution >= 0.6 is 31.9 Å². The molecule has 0 amide bonds. The number of benzene rings is 2. The molecule has 0 aromatic heterocycles. The Bertz CT molecular complexity index is 854. The molecule has 0 aliphatic carbocycles. The number of fused-ring (bicyclic) bond motifs is 1. The minimum absolute atomic E-state index is 0.280. The topological polar surface area (TPSA) is 47.9 Å². The normalized spacial score (nSPS) is 18.5. The standard InChI is InChI=1S/C16H13Br2NO3.2C2H5.Sn/c17-12-7-11(15(20)13(18)8-12)9-19-14(16(21)22)6-10-4-2-1-3-5-10;2*1-2;/h1-5,7-9,14,20H,6H2,(H,21,22);2*1H2,2H3;/q;;;+2/p-2. The van der Waals surface area contributed by atoms with Gasteiger partial charge in [0.05, 0.1) is 0 Å². The molecule has 1 atom stereocenters. The van der Waals surface area contributed by atoms with Gasteiger partial charge in [-0.15, -0.1) is 0 Å². The van der Waals surface area contributed by atoms with Gasteiger partial charge in [-0.05, 0) is 0 Å². The van der Waals surface area contributed by atoms with Gasteiger partial charge >= 0.3 is 183 Å². The molecule has 0 saturated carbocycles. The summed E-state index contributed by atoms with van der Waals surface area (Å²) in [7, 11) is 0. The number of aliphatic imine (C=N–C) groups is 1. The second-order valence-corrected chi connectivity index (χ2v) is 18.6. The fraction of sp³-hybridized carbons (Fsp3) is 0.300. The van der Waals surface area contributed by atoms with Gasteiger partial charge in [0.25, 0.3) is 0 Å². The van der Waals surface area contributed by atoms with Crippen LogP contribution in [-0.4, -0.2) is 37.4 Å². The minimum atomic E-state index is -3.62. The van der Waals surface area contributed by atoms with Gasteiger partial charge in [0, 0.05) is 0 Å². The Morgan fingerprint density at radius 3 is 2.44 bits per heavy atom. The monoisotopic (exact) mass is 601 g/mol. The fourth-order valence-electron chi connectivity index (χ4n) is 2.99. The number of hydrogen-bond acceptors (Lipinski definition) is 4. The second-order valence-electron chi connectivity index (χ2n) is 6.43. The molecule has 3 rings (SSSR count). The molecular weight excluding hydrogens is 581 g/mol. The molecule has 2 aromatic carbocycles. The summed E-state index contributed by atoms with van der Waals surface area (Å²) in [6.45, 7) is 4.09. The molecule has 27 heavy (non-hydrogen) atoms. The van der Waals surface area contributed by atoms with E-state index in [1.54, 1.807) is 6.21 Å². The maximum absolute atomic E-state index is 13.0. The van der Waals surface area contributed by atoms with Crippen molar-refractivity contribution in [1.82, 2.24) is 0 Å². The molecule has 0 N–H and O–H groups in total.